The number of nitrogens with two attached hydrogens (primary N) is 1. The first-order valence-electron chi connectivity index (χ1n) is 5.19. The lowest BCUT2D eigenvalue weighted by Crippen LogP contribution is -2.32. The van der Waals surface area contributed by atoms with Crippen LogP contribution in [0.1, 0.15) is 12.5 Å². The number of methoxy groups -OCH3 is 1. The maximum absolute atomic E-state index is 5.73. The smallest absolute Gasteiger partial charge is 0.118 e. The van der Waals surface area contributed by atoms with Crippen molar-refractivity contribution in [1.82, 2.24) is 4.90 Å². The maximum Gasteiger partial charge on any atom is 0.118 e. The fraction of sp³-hybridized carbons (Fsp3) is 0.500. The number of ether oxygens (including phenoxy) is 1. The Morgan fingerprint density at radius 2 is 1.93 bits per heavy atom. The predicted molar refractivity (Wildman–Crippen MR) is 63.0 cm³/mol. The molecule has 0 amide bonds. The number of benzene rings is 1. The van der Waals surface area contributed by atoms with Crippen LogP contribution in [0.25, 0.3) is 0 Å². The van der Waals surface area contributed by atoms with Crippen molar-refractivity contribution in [2.75, 3.05) is 20.7 Å². The van der Waals surface area contributed by atoms with Gasteiger partial charge in [-0.15, -0.1) is 0 Å². The highest BCUT2D eigenvalue weighted by atomic mass is 16.5. The fourth-order valence-electron chi connectivity index (χ4n) is 1.60. The molecule has 0 saturated heterocycles. The van der Waals surface area contributed by atoms with Gasteiger partial charge >= 0.3 is 0 Å². The Kier molecular flexibility index (Phi) is 4.59. The molecule has 0 unspecified atom stereocenters. The van der Waals surface area contributed by atoms with Crippen LogP contribution in [0.4, 0.5) is 0 Å². The van der Waals surface area contributed by atoms with E-state index in [4.69, 9.17) is 10.5 Å². The van der Waals surface area contributed by atoms with E-state index in [-0.39, 0.29) is 6.04 Å². The molecule has 1 aromatic rings. The molecule has 0 heterocycles. The standard InChI is InChI=1S/C12H20N2O/c1-10(13)8-14(2)9-11-4-6-12(15-3)7-5-11/h4-7,10H,8-9,13H2,1-3H3/t10-/m0/s1. The van der Waals surface area contributed by atoms with E-state index < -0.39 is 0 Å². The molecule has 0 fully saturated rings. The molecule has 1 atom stereocenters. The van der Waals surface area contributed by atoms with Crippen molar-refractivity contribution in [2.24, 2.45) is 5.73 Å². The van der Waals surface area contributed by atoms with Crippen molar-refractivity contribution in [2.45, 2.75) is 19.5 Å². The summed E-state index contributed by atoms with van der Waals surface area (Å²) in [5.74, 6) is 0.897. The summed E-state index contributed by atoms with van der Waals surface area (Å²) in [6.45, 7) is 3.85. The van der Waals surface area contributed by atoms with Gasteiger partial charge in [0.15, 0.2) is 0 Å². The van der Waals surface area contributed by atoms with E-state index in [0.29, 0.717) is 0 Å². The second-order valence-corrected chi connectivity index (χ2v) is 4.02. The van der Waals surface area contributed by atoms with Gasteiger partial charge in [-0.2, -0.15) is 0 Å². The van der Waals surface area contributed by atoms with Crippen LogP contribution in [-0.2, 0) is 6.54 Å². The summed E-state index contributed by atoms with van der Waals surface area (Å²) in [7, 11) is 3.75. The third-order valence-electron chi connectivity index (χ3n) is 2.21. The van der Waals surface area contributed by atoms with Crippen molar-refractivity contribution in [3.63, 3.8) is 0 Å². The van der Waals surface area contributed by atoms with Gasteiger partial charge in [0.05, 0.1) is 7.11 Å². The van der Waals surface area contributed by atoms with Gasteiger partial charge in [0.25, 0.3) is 0 Å². The van der Waals surface area contributed by atoms with E-state index >= 15 is 0 Å². The van der Waals surface area contributed by atoms with Gasteiger partial charge in [-0.25, -0.2) is 0 Å². The Labute approximate surface area is 91.8 Å². The van der Waals surface area contributed by atoms with E-state index in [1.54, 1.807) is 7.11 Å². The third kappa shape index (κ3) is 4.32. The van der Waals surface area contributed by atoms with Crippen LogP contribution >= 0.6 is 0 Å². The molecule has 15 heavy (non-hydrogen) atoms. The van der Waals surface area contributed by atoms with Gasteiger partial charge < -0.3 is 15.4 Å². The Bertz CT molecular complexity index is 282. The molecule has 0 aliphatic rings. The quantitative estimate of drug-likeness (QED) is 0.796. The average Bonchev–Trinajstić information content (AvgIpc) is 2.17. The third-order valence-corrected chi connectivity index (χ3v) is 2.21. The minimum Gasteiger partial charge on any atom is -0.497 e. The molecule has 1 aromatic carbocycles. The Morgan fingerprint density at radius 1 is 1.33 bits per heavy atom. The minimum atomic E-state index is 0.216. The topological polar surface area (TPSA) is 38.5 Å². The first-order chi connectivity index (χ1) is 7.11. The van der Waals surface area contributed by atoms with Crippen LogP contribution in [-0.4, -0.2) is 31.6 Å². The van der Waals surface area contributed by atoms with Gasteiger partial charge in [0.2, 0.25) is 0 Å². The molecule has 84 valence electrons. The SMILES string of the molecule is COc1ccc(CN(C)C[C@H](C)N)cc1. The number of likely N-dealkylation sites (N-methyl/N-ethyl adjacent to an activating group) is 1. The van der Waals surface area contributed by atoms with Crippen molar-refractivity contribution in [3.05, 3.63) is 29.8 Å². The maximum atomic E-state index is 5.73. The zero-order valence-electron chi connectivity index (χ0n) is 9.73. The predicted octanol–water partition coefficient (Wildman–Crippen LogP) is 1.47. The average molecular weight is 208 g/mol. The Hall–Kier alpha value is -1.06. The van der Waals surface area contributed by atoms with Gasteiger partial charge in [-0.1, -0.05) is 12.1 Å². The van der Waals surface area contributed by atoms with Crippen LogP contribution in [0.5, 0.6) is 5.75 Å². The first-order valence-corrected chi connectivity index (χ1v) is 5.19. The van der Waals surface area contributed by atoms with E-state index in [1.165, 1.54) is 5.56 Å². The van der Waals surface area contributed by atoms with E-state index in [9.17, 15) is 0 Å². The van der Waals surface area contributed by atoms with Crippen molar-refractivity contribution >= 4 is 0 Å². The molecule has 1 rings (SSSR count). The second-order valence-electron chi connectivity index (χ2n) is 4.02. The van der Waals surface area contributed by atoms with Crippen molar-refractivity contribution in [1.29, 1.82) is 0 Å². The van der Waals surface area contributed by atoms with Crippen LogP contribution in [0, 0.1) is 0 Å². The molecule has 0 aliphatic heterocycles. The highest BCUT2D eigenvalue weighted by molar-refractivity contribution is 5.26. The fourth-order valence-corrected chi connectivity index (χ4v) is 1.60. The summed E-state index contributed by atoms with van der Waals surface area (Å²) in [5.41, 5.74) is 7.01. The van der Waals surface area contributed by atoms with E-state index in [2.05, 4.69) is 24.1 Å². The first kappa shape index (κ1) is 12.0. The van der Waals surface area contributed by atoms with E-state index in [0.717, 1.165) is 18.8 Å². The van der Waals surface area contributed by atoms with Gasteiger partial charge in [0, 0.05) is 19.1 Å². The molecule has 0 aromatic heterocycles. The normalized spacial score (nSPS) is 12.9. The van der Waals surface area contributed by atoms with Crippen LogP contribution < -0.4 is 10.5 Å². The molecule has 0 aliphatic carbocycles. The summed E-state index contributed by atoms with van der Waals surface area (Å²) in [4.78, 5) is 2.21. The van der Waals surface area contributed by atoms with Crippen LogP contribution in [0.2, 0.25) is 0 Å². The summed E-state index contributed by atoms with van der Waals surface area (Å²) in [6, 6.07) is 8.34. The number of nitrogens with zero attached hydrogens (tertiary/aromatic N) is 1. The molecule has 0 bridgehead atoms. The lowest BCUT2D eigenvalue weighted by atomic mass is 10.2. The molecular weight excluding hydrogens is 188 g/mol. The zero-order valence-corrected chi connectivity index (χ0v) is 9.73. The summed E-state index contributed by atoms with van der Waals surface area (Å²) in [6.07, 6.45) is 0. The lowest BCUT2D eigenvalue weighted by Gasteiger charge is -2.18. The summed E-state index contributed by atoms with van der Waals surface area (Å²) in [5, 5.41) is 0. The molecule has 3 nitrogen and oxygen atoms in total. The minimum absolute atomic E-state index is 0.216. The van der Waals surface area contributed by atoms with Crippen molar-refractivity contribution in [3.8, 4) is 5.75 Å². The summed E-state index contributed by atoms with van der Waals surface area (Å²) >= 11 is 0. The van der Waals surface area contributed by atoms with Crippen molar-refractivity contribution < 1.29 is 4.74 Å². The molecule has 3 heteroatoms. The number of rotatable bonds is 5. The second kappa shape index (κ2) is 5.73. The molecule has 0 saturated carbocycles. The lowest BCUT2D eigenvalue weighted by molar-refractivity contribution is 0.310. The monoisotopic (exact) mass is 208 g/mol. The summed E-state index contributed by atoms with van der Waals surface area (Å²) < 4.78 is 5.11. The van der Waals surface area contributed by atoms with Gasteiger partial charge in [0.1, 0.15) is 5.75 Å². The molecular formula is C12H20N2O. The highest BCUT2D eigenvalue weighted by Gasteiger charge is 2.02. The molecule has 2 N–H and O–H groups in total. The van der Waals surface area contributed by atoms with E-state index in [1.807, 2.05) is 19.1 Å². The van der Waals surface area contributed by atoms with Gasteiger partial charge in [-0.3, -0.25) is 0 Å². The molecule has 0 radical (unpaired) electrons. The number of hydrogen-bond acceptors (Lipinski definition) is 3. The molecule has 0 spiro atoms. The zero-order chi connectivity index (χ0) is 11.3. The van der Waals surface area contributed by atoms with Gasteiger partial charge in [-0.05, 0) is 31.7 Å². The Morgan fingerprint density at radius 3 is 2.40 bits per heavy atom. The largest absolute Gasteiger partial charge is 0.497 e. The Balaban J connectivity index is 2.49. The number of hydrogen-bond donors (Lipinski definition) is 1. The highest BCUT2D eigenvalue weighted by Crippen LogP contribution is 2.12. The van der Waals surface area contributed by atoms with Crippen LogP contribution in [0.3, 0.4) is 0 Å². The van der Waals surface area contributed by atoms with Crippen LogP contribution in [0.15, 0.2) is 24.3 Å².